The molecule has 1 amide bonds. The van der Waals surface area contributed by atoms with Crippen LogP contribution in [0.2, 0.25) is 0 Å². The first-order chi connectivity index (χ1) is 11.6. The van der Waals surface area contributed by atoms with Crippen LogP contribution in [-0.2, 0) is 11.2 Å². The molecular formula is C19H24N2O3. The van der Waals surface area contributed by atoms with E-state index in [-0.39, 0.29) is 5.91 Å². The maximum Gasteiger partial charge on any atom is 0.246 e. The number of hydrogen-bond donors (Lipinski definition) is 2. The van der Waals surface area contributed by atoms with Crippen molar-refractivity contribution in [2.45, 2.75) is 26.3 Å². The standard InChI is InChI=1S/C19H24N2O3/c1-5-14-6-8-15(9-7-14)21-19(22)13(2)20-17-11-10-16(23-3)12-18(17)24-4/h6-13,20H,5H2,1-4H3,(H,21,22)/t13-/m1/s1. The van der Waals surface area contributed by atoms with Crippen LogP contribution in [-0.4, -0.2) is 26.2 Å². The molecule has 2 aromatic rings. The normalized spacial score (nSPS) is 11.5. The molecule has 1 atom stereocenters. The first kappa shape index (κ1) is 17.7. The molecule has 0 heterocycles. The highest BCUT2D eigenvalue weighted by molar-refractivity contribution is 5.96. The van der Waals surface area contributed by atoms with Crippen LogP contribution in [0.25, 0.3) is 0 Å². The number of anilines is 2. The van der Waals surface area contributed by atoms with Crippen molar-refractivity contribution in [1.29, 1.82) is 0 Å². The summed E-state index contributed by atoms with van der Waals surface area (Å²) in [6.07, 6.45) is 0.976. The summed E-state index contributed by atoms with van der Waals surface area (Å²) in [5.41, 5.74) is 2.76. The van der Waals surface area contributed by atoms with Crippen molar-refractivity contribution in [3.05, 3.63) is 48.0 Å². The molecule has 0 saturated heterocycles. The fourth-order valence-electron chi connectivity index (χ4n) is 2.29. The van der Waals surface area contributed by atoms with E-state index >= 15 is 0 Å². The van der Waals surface area contributed by atoms with Crippen molar-refractivity contribution >= 4 is 17.3 Å². The number of ether oxygens (including phenoxy) is 2. The highest BCUT2D eigenvalue weighted by atomic mass is 16.5. The Morgan fingerprint density at radius 3 is 2.38 bits per heavy atom. The molecule has 0 radical (unpaired) electrons. The lowest BCUT2D eigenvalue weighted by molar-refractivity contribution is -0.116. The number of carbonyl (C=O) groups excluding carboxylic acids is 1. The molecule has 5 nitrogen and oxygen atoms in total. The predicted octanol–water partition coefficient (Wildman–Crippen LogP) is 3.71. The van der Waals surface area contributed by atoms with Gasteiger partial charge in [-0.25, -0.2) is 0 Å². The Labute approximate surface area is 143 Å². The summed E-state index contributed by atoms with van der Waals surface area (Å²) in [4.78, 5) is 12.4. The van der Waals surface area contributed by atoms with Crippen molar-refractivity contribution in [3.8, 4) is 11.5 Å². The number of hydrogen-bond acceptors (Lipinski definition) is 4. The summed E-state index contributed by atoms with van der Waals surface area (Å²) >= 11 is 0. The summed E-state index contributed by atoms with van der Waals surface area (Å²) in [6.45, 7) is 3.90. The molecule has 128 valence electrons. The maximum atomic E-state index is 12.4. The molecule has 0 unspecified atom stereocenters. The van der Waals surface area contributed by atoms with E-state index in [0.29, 0.717) is 11.5 Å². The lowest BCUT2D eigenvalue weighted by Crippen LogP contribution is -2.32. The molecule has 2 aromatic carbocycles. The zero-order chi connectivity index (χ0) is 17.5. The fourth-order valence-corrected chi connectivity index (χ4v) is 2.29. The Morgan fingerprint density at radius 1 is 1.08 bits per heavy atom. The minimum absolute atomic E-state index is 0.114. The van der Waals surface area contributed by atoms with Gasteiger partial charge in [-0.1, -0.05) is 19.1 Å². The molecule has 0 bridgehead atoms. The third-order valence-electron chi connectivity index (χ3n) is 3.80. The van der Waals surface area contributed by atoms with E-state index in [2.05, 4.69) is 17.6 Å². The van der Waals surface area contributed by atoms with Crippen LogP contribution in [0.3, 0.4) is 0 Å². The molecule has 0 aromatic heterocycles. The van der Waals surface area contributed by atoms with Crippen molar-refractivity contribution in [2.75, 3.05) is 24.9 Å². The van der Waals surface area contributed by atoms with Crippen molar-refractivity contribution < 1.29 is 14.3 Å². The highest BCUT2D eigenvalue weighted by Crippen LogP contribution is 2.29. The minimum Gasteiger partial charge on any atom is -0.497 e. The molecule has 2 N–H and O–H groups in total. The third-order valence-corrected chi connectivity index (χ3v) is 3.80. The number of rotatable bonds is 7. The van der Waals surface area contributed by atoms with Gasteiger partial charge < -0.3 is 20.1 Å². The smallest absolute Gasteiger partial charge is 0.246 e. The largest absolute Gasteiger partial charge is 0.497 e. The molecule has 5 heteroatoms. The molecule has 0 fully saturated rings. The van der Waals surface area contributed by atoms with E-state index in [1.54, 1.807) is 27.2 Å². The van der Waals surface area contributed by atoms with Crippen molar-refractivity contribution in [1.82, 2.24) is 0 Å². The van der Waals surface area contributed by atoms with Gasteiger partial charge in [0.05, 0.1) is 19.9 Å². The summed E-state index contributed by atoms with van der Waals surface area (Å²) in [7, 11) is 3.18. The second-order valence-corrected chi connectivity index (χ2v) is 5.47. The molecule has 0 aliphatic heterocycles. The van der Waals surface area contributed by atoms with Crippen molar-refractivity contribution in [3.63, 3.8) is 0 Å². The average Bonchev–Trinajstić information content (AvgIpc) is 2.62. The molecule has 24 heavy (non-hydrogen) atoms. The van der Waals surface area contributed by atoms with Gasteiger partial charge in [0.2, 0.25) is 5.91 Å². The van der Waals surface area contributed by atoms with Gasteiger partial charge in [-0.15, -0.1) is 0 Å². The monoisotopic (exact) mass is 328 g/mol. The fraction of sp³-hybridized carbons (Fsp3) is 0.316. The first-order valence-corrected chi connectivity index (χ1v) is 7.95. The third kappa shape index (κ3) is 4.41. The van der Waals surface area contributed by atoms with Gasteiger partial charge in [0, 0.05) is 11.8 Å². The number of benzene rings is 2. The first-order valence-electron chi connectivity index (χ1n) is 7.95. The number of nitrogens with one attached hydrogen (secondary N) is 2. The van der Waals surface area contributed by atoms with Gasteiger partial charge in [-0.05, 0) is 43.2 Å². The van der Waals surface area contributed by atoms with Crippen LogP contribution in [0.4, 0.5) is 11.4 Å². The quantitative estimate of drug-likeness (QED) is 0.813. The second-order valence-electron chi connectivity index (χ2n) is 5.47. The molecule has 2 rings (SSSR count). The van der Waals surface area contributed by atoms with E-state index in [4.69, 9.17) is 9.47 Å². The second kappa shape index (κ2) is 8.24. The Hall–Kier alpha value is -2.69. The van der Waals surface area contributed by atoms with Crippen LogP contribution >= 0.6 is 0 Å². The van der Waals surface area contributed by atoms with E-state index in [1.807, 2.05) is 36.4 Å². The summed E-state index contributed by atoms with van der Waals surface area (Å²) < 4.78 is 10.5. The molecule has 0 spiro atoms. The minimum atomic E-state index is -0.418. The number of carbonyl (C=O) groups is 1. The summed E-state index contributed by atoms with van der Waals surface area (Å²) in [6, 6.07) is 12.9. The van der Waals surface area contributed by atoms with Gasteiger partial charge in [-0.3, -0.25) is 4.79 Å². The maximum absolute atomic E-state index is 12.4. The van der Waals surface area contributed by atoms with Crippen LogP contribution in [0.1, 0.15) is 19.4 Å². The van der Waals surface area contributed by atoms with Crippen LogP contribution in [0.5, 0.6) is 11.5 Å². The van der Waals surface area contributed by atoms with E-state index in [1.165, 1.54) is 5.56 Å². The lowest BCUT2D eigenvalue weighted by Gasteiger charge is -2.18. The summed E-state index contributed by atoms with van der Waals surface area (Å²) in [5.74, 6) is 1.21. The highest BCUT2D eigenvalue weighted by Gasteiger charge is 2.15. The Bertz CT molecular complexity index is 684. The molecule has 0 aliphatic carbocycles. The van der Waals surface area contributed by atoms with Crippen LogP contribution in [0.15, 0.2) is 42.5 Å². The van der Waals surface area contributed by atoms with Gasteiger partial charge >= 0.3 is 0 Å². The van der Waals surface area contributed by atoms with Gasteiger partial charge in [0.1, 0.15) is 17.5 Å². The van der Waals surface area contributed by atoms with Gasteiger partial charge in [-0.2, -0.15) is 0 Å². The number of amides is 1. The van der Waals surface area contributed by atoms with Gasteiger partial charge in [0.25, 0.3) is 0 Å². The topological polar surface area (TPSA) is 59.6 Å². The Morgan fingerprint density at radius 2 is 1.79 bits per heavy atom. The Balaban J connectivity index is 2.02. The van der Waals surface area contributed by atoms with Crippen LogP contribution < -0.4 is 20.1 Å². The predicted molar refractivity (Wildman–Crippen MR) is 97.1 cm³/mol. The van der Waals surface area contributed by atoms with Gasteiger partial charge in [0.15, 0.2) is 0 Å². The van der Waals surface area contributed by atoms with Crippen LogP contribution in [0, 0.1) is 0 Å². The van der Waals surface area contributed by atoms with E-state index in [0.717, 1.165) is 17.8 Å². The van der Waals surface area contributed by atoms with E-state index < -0.39 is 6.04 Å². The Kier molecular flexibility index (Phi) is 6.07. The number of aryl methyl sites for hydroxylation is 1. The SMILES string of the molecule is CCc1ccc(NC(=O)[C@@H](C)Nc2ccc(OC)cc2OC)cc1. The average molecular weight is 328 g/mol. The molecule has 0 aliphatic rings. The summed E-state index contributed by atoms with van der Waals surface area (Å²) in [5, 5.41) is 6.07. The zero-order valence-electron chi connectivity index (χ0n) is 14.6. The van der Waals surface area contributed by atoms with E-state index in [9.17, 15) is 4.79 Å². The molecule has 0 saturated carbocycles. The zero-order valence-corrected chi connectivity index (χ0v) is 14.6. The molecular weight excluding hydrogens is 304 g/mol. The number of methoxy groups -OCH3 is 2. The van der Waals surface area contributed by atoms with Crippen molar-refractivity contribution in [2.24, 2.45) is 0 Å². The lowest BCUT2D eigenvalue weighted by atomic mass is 10.1.